The van der Waals surface area contributed by atoms with Gasteiger partial charge >= 0.3 is 0 Å². The molecule has 2 aromatic heterocycles. The largest absolute Gasteiger partial charge is 0.394 e. The van der Waals surface area contributed by atoms with Crippen LogP contribution in [0, 0.1) is 13.8 Å². The lowest BCUT2D eigenvalue weighted by Gasteiger charge is -2.33. The zero-order chi connectivity index (χ0) is 23.1. The van der Waals surface area contributed by atoms with Gasteiger partial charge < -0.3 is 19.6 Å². The van der Waals surface area contributed by atoms with Crippen molar-refractivity contribution in [1.29, 1.82) is 0 Å². The molecule has 1 aromatic carbocycles. The number of hydrogen-bond donors (Lipinski definition) is 1. The van der Waals surface area contributed by atoms with Gasteiger partial charge in [-0.25, -0.2) is 19.0 Å². The number of piperidine rings is 1. The molecule has 4 heterocycles. The molecule has 5 rings (SSSR count). The van der Waals surface area contributed by atoms with Gasteiger partial charge in [-0.2, -0.15) is 5.10 Å². The summed E-state index contributed by atoms with van der Waals surface area (Å²) in [7, 11) is 1.97. The molecule has 0 spiro atoms. The third kappa shape index (κ3) is 4.32. The monoisotopic (exact) mass is 454 g/mol. The van der Waals surface area contributed by atoms with E-state index in [1.54, 1.807) is 0 Å². The normalized spacial score (nSPS) is 24.5. The molecule has 2 fully saturated rings. The van der Waals surface area contributed by atoms with Crippen LogP contribution in [0.4, 0.5) is 10.2 Å². The molecule has 33 heavy (non-hydrogen) atoms. The molecule has 0 radical (unpaired) electrons. The second kappa shape index (κ2) is 8.96. The molecule has 0 aliphatic carbocycles. The highest BCUT2D eigenvalue weighted by Gasteiger charge is 2.30. The zero-order valence-corrected chi connectivity index (χ0v) is 19.4. The number of morpholine rings is 1. The van der Waals surface area contributed by atoms with Crippen molar-refractivity contribution in [3.63, 3.8) is 0 Å². The van der Waals surface area contributed by atoms with E-state index < -0.39 is 6.17 Å². The predicted octanol–water partition coefficient (Wildman–Crippen LogP) is 2.39. The van der Waals surface area contributed by atoms with Crippen LogP contribution in [0.25, 0.3) is 16.7 Å². The Morgan fingerprint density at radius 3 is 2.73 bits per heavy atom. The number of rotatable bonds is 4. The minimum Gasteiger partial charge on any atom is -0.394 e. The van der Waals surface area contributed by atoms with Crippen molar-refractivity contribution in [2.75, 3.05) is 51.3 Å². The number of nitrogens with zero attached hydrogens (tertiary/aromatic N) is 6. The summed E-state index contributed by atoms with van der Waals surface area (Å²) < 4.78 is 22.4. The fraction of sp³-hybridized carbons (Fsp3) is 0.542. The summed E-state index contributed by atoms with van der Waals surface area (Å²) in [5, 5.41) is 15.1. The van der Waals surface area contributed by atoms with Crippen LogP contribution >= 0.6 is 0 Å². The molecule has 2 saturated heterocycles. The van der Waals surface area contributed by atoms with Crippen LogP contribution in [0.3, 0.4) is 0 Å². The van der Waals surface area contributed by atoms with Crippen molar-refractivity contribution in [1.82, 2.24) is 24.6 Å². The minimum atomic E-state index is -0.884. The standard InChI is InChI=1S/C24H31FN6O2/c1-15-8-17-11-26-31(22(17)9-20(15)19-4-5-29(3)13-21(19)25)24-10-23(27-16(2)28-24)30-6-7-33-18(12-30)14-32/h8-11,18-19,21,32H,4-7,12-14H2,1-3H3/t18?,19-,21-/m1/s1. The van der Waals surface area contributed by atoms with Gasteiger partial charge in [-0.3, -0.25) is 0 Å². The van der Waals surface area contributed by atoms with Gasteiger partial charge in [-0.15, -0.1) is 0 Å². The zero-order valence-electron chi connectivity index (χ0n) is 19.4. The minimum absolute atomic E-state index is 0.0220. The Bertz CT molecular complexity index is 1150. The maximum Gasteiger partial charge on any atom is 0.159 e. The van der Waals surface area contributed by atoms with Gasteiger partial charge in [0.1, 0.15) is 17.8 Å². The number of likely N-dealkylation sites (tertiary alicyclic amines) is 1. The molecule has 3 aromatic rings. The Balaban J connectivity index is 1.53. The molecule has 9 heteroatoms. The first-order valence-corrected chi connectivity index (χ1v) is 11.6. The Kier molecular flexibility index (Phi) is 6.03. The smallest absolute Gasteiger partial charge is 0.159 e. The van der Waals surface area contributed by atoms with Crippen molar-refractivity contribution in [3.05, 3.63) is 41.3 Å². The number of anilines is 1. The Hall–Kier alpha value is -2.62. The van der Waals surface area contributed by atoms with Crippen molar-refractivity contribution < 1.29 is 14.2 Å². The van der Waals surface area contributed by atoms with Gasteiger partial charge in [0.15, 0.2) is 5.82 Å². The van der Waals surface area contributed by atoms with E-state index in [0.717, 1.165) is 40.8 Å². The molecular weight excluding hydrogens is 423 g/mol. The number of aryl methyl sites for hydroxylation is 2. The van der Waals surface area contributed by atoms with E-state index in [1.807, 2.05) is 30.9 Å². The van der Waals surface area contributed by atoms with Crippen molar-refractivity contribution >= 4 is 16.7 Å². The lowest BCUT2D eigenvalue weighted by atomic mass is 9.85. The third-order valence-corrected chi connectivity index (χ3v) is 6.79. The fourth-order valence-electron chi connectivity index (χ4n) is 5.04. The van der Waals surface area contributed by atoms with E-state index in [0.29, 0.717) is 37.9 Å². The van der Waals surface area contributed by atoms with Gasteiger partial charge in [-0.05, 0) is 57.1 Å². The molecule has 0 saturated carbocycles. The number of halogens is 1. The summed E-state index contributed by atoms with van der Waals surface area (Å²) in [5.41, 5.74) is 3.07. The van der Waals surface area contributed by atoms with Gasteiger partial charge in [0.25, 0.3) is 0 Å². The summed E-state index contributed by atoms with van der Waals surface area (Å²) in [6.07, 6.45) is 1.53. The quantitative estimate of drug-likeness (QED) is 0.648. The maximum atomic E-state index is 15.0. The summed E-state index contributed by atoms with van der Waals surface area (Å²) >= 11 is 0. The first-order chi connectivity index (χ1) is 15.9. The van der Waals surface area contributed by atoms with Crippen LogP contribution in [-0.2, 0) is 4.74 Å². The number of aromatic nitrogens is 4. The lowest BCUT2D eigenvalue weighted by Crippen LogP contribution is -2.44. The molecule has 2 aliphatic heterocycles. The number of aliphatic hydroxyl groups excluding tert-OH is 1. The highest BCUT2D eigenvalue weighted by molar-refractivity contribution is 5.82. The summed E-state index contributed by atoms with van der Waals surface area (Å²) in [6.45, 7) is 7.07. The van der Waals surface area contributed by atoms with Crippen molar-refractivity contribution in [2.45, 2.75) is 38.5 Å². The van der Waals surface area contributed by atoms with Crippen LogP contribution < -0.4 is 4.90 Å². The molecule has 176 valence electrons. The number of ether oxygens (including phenoxy) is 1. The summed E-state index contributed by atoms with van der Waals surface area (Å²) in [4.78, 5) is 13.4. The van der Waals surface area contributed by atoms with Gasteiger partial charge in [-0.1, -0.05) is 0 Å². The number of fused-ring (bicyclic) bond motifs is 1. The highest BCUT2D eigenvalue weighted by Crippen LogP contribution is 2.35. The summed E-state index contributed by atoms with van der Waals surface area (Å²) in [5.74, 6) is 1.99. The molecule has 2 aliphatic rings. The van der Waals surface area contributed by atoms with Crippen LogP contribution in [0.2, 0.25) is 0 Å². The van der Waals surface area contributed by atoms with E-state index in [9.17, 15) is 9.50 Å². The van der Waals surface area contributed by atoms with E-state index in [2.05, 4.69) is 43.9 Å². The van der Waals surface area contributed by atoms with Crippen LogP contribution in [0.15, 0.2) is 24.4 Å². The third-order valence-electron chi connectivity index (χ3n) is 6.79. The predicted molar refractivity (Wildman–Crippen MR) is 125 cm³/mol. The van der Waals surface area contributed by atoms with Gasteiger partial charge in [0, 0.05) is 37.0 Å². The topological polar surface area (TPSA) is 79.5 Å². The lowest BCUT2D eigenvalue weighted by molar-refractivity contribution is 0.00335. The van der Waals surface area contributed by atoms with Crippen LogP contribution in [0.5, 0.6) is 0 Å². The Morgan fingerprint density at radius 1 is 1.12 bits per heavy atom. The Morgan fingerprint density at radius 2 is 1.94 bits per heavy atom. The molecule has 8 nitrogen and oxygen atoms in total. The molecule has 0 bridgehead atoms. The number of alkyl halides is 1. The van der Waals surface area contributed by atoms with E-state index in [4.69, 9.17) is 4.74 Å². The highest BCUT2D eigenvalue weighted by atomic mass is 19.1. The van der Waals surface area contributed by atoms with Crippen molar-refractivity contribution in [3.8, 4) is 5.82 Å². The average Bonchev–Trinajstić information content (AvgIpc) is 3.21. The summed E-state index contributed by atoms with van der Waals surface area (Å²) in [6, 6.07) is 6.11. The average molecular weight is 455 g/mol. The van der Waals surface area contributed by atoms with Crippen molar-refractivity contribution in [2.24, 2.45) is 0 Å². The number of benzene rings is 1. The van der Waals surface area contributed by atoms with Crippen LogP contribution in [0.1, 0.15) is 29.3 Å². The molecule has 0 amide bonds. The van der Waals surface area contributed by atoms with Crippen LogP contribution in [-0.4, -0.2) is 88.5 Å². The molecule has 3 atom stereocenters. The molecule has 1 unspecified atom stereocenters. The van der Waals surface area contributed by atoms with Gasteiger partial charge in [0.05, 0.1) is 31.0 Å². The SMILES string of the molecule is Cc1nc(N2CCOC(CO)C2)cc(-n2ncc3cc(C)c([C@H]4CCN(C)C[C@H]4F)cc32)n1. The second-order valence-electron chi connectivity index (χ2n) is 9.25. The van der Waals surface area contributed by atoms with E-state index in [1.165, 1.54) is 0 Å². The first-order valence-electron chi connectivity index (χ1n) is 11.6. The second-order valence-corrected chi connectivity index (χ2v) is 9.25. The van der Waals surface area contributed by atoms with E-state index >= 15 is 0 Å². The van der Waals surface area contributed by atoms with E-state index in [-0.39, 0.29) is 18.6 Å². The first kappa shape index (κ1) is 22.2. The molecule has 1 N–H and O–H groups in total. The van der Waals surface area contributed by atoms with Gasteiger partial charge in [0.2, 0.25) is 0 Å². The number of aliphatic hydroxyl groups is 1. The maximum absolute atomic E-state index is 15.0. The number of hydrogen-bond acceptors (Lipinski definition) is 7. The fourth-order valence-corrected chi connectivity index (χ4v) is 5.04. The Labute approximate surface area is 193 Å². The molecular formula is C24H31FN6O2.